The van der Waals surface area contributed by atoms with Gasteiger partial charge in [-0.05, 0) is 29.8 Å². The van der Waals surface area contributed by atoms with E-state index in [9.17, 15) is 4.39 Å². The molecule has 0 atom stereocenters. The van der Waals surface area contributed by atoms with Crippen LogP contribution in [0, 0.1) is 5.82 Å². The van der Waals surface area contributed by atoms with Crippen LogP contribution in [-0.4, -0.2) is 24.8 Å². The smallest absolute Gasteiger partial charge is 0.159 e. The Balaban J connectivity index is 1.71. The van der Waals surface area contributed by atoms with Gasteiger partial charge < -0.3 is 5.32 Å². The molecule has 0 aliphatic rings. The number of H-pyrrole nitrogens is 1. The summed E-state index contributed by atoms with van der Waals surface area (Å²) in [6.07, 6.45) is 4.05. The van der Waals surface area contributed by atoms with Gasteiger partial charge in [-0.25, -0.2) is 13.9 Å². The SMILES string of the molecule is Fc1ccc(Cc2nc(Nc3ccn[nH]3)c3cccn3n2)cc1. The Morgan fingerprint density at radius 1 is 1.13 bits per heavy atom. The second kappa shape index (κ2) is 5.53. The van der Waals surface area contributed by atoms with Crippen molar-refractivity contribution in [2.24, 2.45) is 0 Å². The molecule has 0 fully saturated rings. The summed E-state index contributed by atoms with van der Waals surface area (Å²) < 4.78 is 14.8. The lowest BCUT2D eigenvalue weighted by Gasteiger charge is -2.08. The average molecular weight is 308 g/mol. The molecule has 4 rings (SSSR count). The van der Waals surface area contributed by atoms with Gasteiger partial charge >= 0.3 is 0 Å². The van der Waals surface area contributed by atoms with Crippen LogP contribution in [0.4, 0.5) is 16.0 Å². The zero-order valence-corrected chi connectivity index (χ0v) is 12.1. The number of benzene rings is 1. The molecule has 0 aliphatic carbocycles. The number of hydrogen-bond acceptors (Lipinski definition) is 4. The Hall–Kier alpha value is -3.22. The lowest BCUT2D eigenvalue weighted by molar-refractivity contribution is 0.627. The molecule has 114 valence electrons. The first-order valence-corrected chi connectivity index (χ1v) is 7.13. The summed E-state index contributed by atoms with van der Waals surface area (Å²) >= 11 is 0. The van der Waals surface area contributed by atoms with Crippen molar-refractivity contribution in [1.29, 1.82) is 0 Å². The monoisotopic (exact) mass is 308 g/mol. The Morgan fingerprint density at radius 2 is 2.00 bits per heavy atom. The van der Waals surface area contributed by atoms with E-state index in [1.807, 2.05) is 24.4 Å². The number of hydrogen-bond donors (Lipinski definition) is 2. The Labute approximate surface area is 131 Å². The van der Waals surface area contributed by atoms with Crippen molar-refractivity contribution in [1.82, 2.24) is 24.8 Å². The second-order valence-corrected chi connectivity index (χ2v) is 5.11. The fraction of sp³-hybridized carbons (Fsp3) is 0.0625. The molecule has 0 aliphatic heterocycles. The van der Waals surface area contributed by atoms with Gasteiger partial charge in [0.1, 0.15) is 17.2 Å². The van der Waals surface area contributed by atoms with Crippen LogP contribution in [0.2, 0.25) is 0 Å². The molecule has 0 saturated carbocycles. The molecule has 1 aromatic carbocycles. The molecule has 0 radical (unpaired) electrons. The van der Waals surface area contributed by atoms with Crippen molar-refractivity contribution in [2.75, 3.05) is 5.32 Å². The number of aromatic amines is 1. The average Bonchev–Trinajstić information content (AvgIpc) is 3.21. The zero-order chi connectivity index (χ0) is 15.6. The molecule has 0 amide bonds. The number of nitrogens with zero attached hydrogens (tertiary/aromatic N) is 4. The third-order valence-corrected chi connectivity index (χ3v) is 3.46. The maximum atomic E-state index is 13.0. The highest BCUT2D eigenvalue weighted by molar-refractivity contribution is 5.71. The van der Waals surface area contributed by atoms with Gasteiger partial charge in [0.05, 0.1) is 6.20 Å². The van der Waals surface area contributed by atoms with Crippen LogP contribution in [0.15, 0.2) is 54.9 Å². The predicted molar refractivity (Wildman–Crippen MR) is 84.1 cm³/mol. The van der Waals surface area contributed by atoms with Crippen molar-refractivity contribution in [3.05, 3.63) is 72.1 Å². The number of nitrogens with one attached hydrogen (secondary N) is 2. The highest BCUT2D eigenvalue weighted by Crippen LogP contribution is 2.19. The minimum atomic E-state index is -0.253. The molecule has 3 heterocycles. The van der Waals surface area contributed by atoms with E-state index in [0.717, 1.165) is 16.9 Å². The van der Waals surface area contributed by atoms with E-state index in [4.69, 9.17) is 0 Å². The largest absolute Gasteiger partial charge is 0.323 e. The summed E-state index contributed by atoms with van der Waals surface area (Å²) in [6, 6.07) is 12.0. The van der Waals surface area contributed by atoms with Crippen molar-refractivity contribution in [3.8, 4) is 0 Å². The van der Waals surface area contributed by atoms with Crippen molar-refractivity contribution >= 4 is 17.2 Å². The normalized spacial score (nSPS) is 11.0. The van der Waals surface area contributed by atoms with Crippen LogP contribution in [0.25, 0.3) is 5.52 Å². The molecule has 4 aromatic rings. The summed E-state index contributed by atoms with van der Waals surface area (Å²) in [5.74, 6) is 1.82. The van der Waals surface area contributed by atoms with Gasteiger partial charge in [-0.15, -0.1) is 0 Å². The van der Waals surface area contributed by atoms with Gasteiger partial charge in [0.2, 0.25) is 0 Å². The van der Waals surface area contributed by atoms with E-state index >= 15 is 0 Å². The van der Waals surface area contributed by atoms with E-state index in [0.29, 0.717) is 18.1 Å². The van der Waals surface area contributed by atoms with Crippen LogP contribution in [0.5, 0.6) is 0 Å². The highest BCUT2D eigenvalue weighted by atomic mass is 19.1. The van der Waals surface area contributed by atoms with Crippen LogP contribution >= 0.6 is 0 Å². The van der Waals surface area contributed by atoms with Gasteiger partial charge in [-0.1, -0.05) is 12.1 Å². The molecule has 0 spiro atoms. The fourth-order valence-corrected chi connectivity index (χ4v) is 2.38. The van der Waals surface area contributed by atoms with Crippen molar-refractivity contribution in [2.45, 2.75) is 6.42 Å². The van der Waals surface area contributed by atoms with E-state index in [2.05, 4.69) is 25.6 Å². The fourth-order valence-electron chi connectivity index (χ4n) is 2.38. The summed E-state index contributed by atoms with van der Waals surface area (Å²) in [5.41, 5.74) is 1.81. The number of anilines is 2. The van der Waals surface area contributed by atoms with E-state index in [1.54, 1.807) is 22.8 Å². The number of halogens is 1. The molecule has 0 unspecified atom stereocenters. The summed E-state index contributed by atoms with van der Waals surface area (Å²) in [7, 11) is 0. The first kappa shape index (κ1) is 13.4. The zero-order valence-electron chi connectivity index (χ0n) is 12.1. The first-order chi connectivity index (χ1) is 11.3. The quantitative estimate of drug-likeness (QED) is 0.608. The summed E-state index contributed by atoms with van der Waals surface area (Å²) in [5, 5.41) is 14.4. The Kier molecular flexibility index (Phi) is 3.23. The van der Waals surface area contributed by atoms with E-state index in [-0.39, 0.29) is 5.82 Å². The Bertz CT molecular complexity index is 927. The number of aromatic nitrogens is 5. The van der Waals surface area contributed by atoms with E-state index < -0.39 is 0 Å². The minimum Gasteiger partial charge on any atom is -0.323 e. The van der Waals surface area contributed by atoms with Crippen molar-refractivity contribution in [3.63, 3.8) is 0 Å². The molecular weight excluding hydrogens is 295 g/mol. The maximum absolute atomic E-state index is 13.0. The Morgan fingerprint density at radius 3 is 2.78 bits per heavy atom. The summed E-state index contributed by atoms with van der Waals surface area (Å²) in [4.78, 5) is 4.58. The summed E-state index contributed by atoms with van der Waals surface area (Å²) in [6.45, 7) is 0. The molecule has 2 N–H and O–H groups in total. The van der Waals surface area contributed by atoms with Crippen LogP contribution in [0.3, 0.4) is 0 Å². The topological polar surface area (TPSA) is 70.9 Å². The number of fused-ring (bicyclic) bond motifs is 1. The van der Waals surface area contributed by atoms with Gasteiger partial charge in [-0.3, -0.25) is 5.10 Å². The molecule has 0 bridgehead atoms. The molecule has 6 nitrogen and oxygen atoms in total. The predicted octanol–water partition coefficient (Wildman–Crippen LogP) is 2.93. The van der Waals surface area contributed by atoms with Crippen LogP contribution in [-0.2, 0) is 6.42 Å². The molecule has 3 aromatic heterocycles. The second-order valence-electron chi connectivity index (χ2n) is 5.11. The van der Waals surface area contributed by atoms with Crippen LogP contribution < -0.4 is 5.32 Å². The maximum Gasteiger partial charge on any atom is 0.159 e. The lowest BCUT2D eigenvalue weighted by Crippen LogP contribution is -2.06. The highest BCUT2D eigenvalue weighted by Gasteiger charge is 2.09. The number of rotatable bonds is 4. The first-order valence-electron chi connectivity index (χ1n) is 7.13. The van der Waals surface area contributed by atoms with Gasteiger partial charge in [0.15, 0.2) is 11.6 Å². The standard InChI is InChI=1S/C16H13FN6/c17-12-5-3-11(4-6-12)10-15-20-16(19-14-7-8-18-21-14)13-2-1-9-23(13)22-15/h1-9H,10H2,(H2,18,19,20,21,22). The van der Waals surface area contributed by atoms with Gasteiger partial charge in [0, 0.05) is 18.7 Å². The molecule has 0 saturated heterocycles. The lowest BCUT2D eigenvalue weighted by atomic mass is 10.1. The minimum absolute atomic E-state index is 0.253. The third-order valence-electron chi connectivity index (χ3n) is 3.46. The van der Waals surface area contributed by atoms with Gasteiger partial charge in [0.25, 0.3) is 0 Å². The van der Waals surface area contributed by atoms with Gasteiger partial charge in [-0.2, -0.15) is 10.2 Å². The molecular formula is C16H13FN6. The van der Waals surface area contributed by atoms with Crippen molar-refractivity contribution < 1.29 is 4.39 Å². The molecule has 7 heteroatoms. The molecule has 23 heavy (non-hydrogen) atoms. The van der Waals surface area contributed by atoms with E-state index in [1.165, 1.54) is 12.1 Å². The third kappa shape index (κ3) is 2.76. The van der Waals surface area contributed by atoms with Crippen LogP contribution in [0.1, 0.15) is 11.4 Å².